The van der Waals surface area contributed by atoms with E-state index in [-0.39, 0.29) is 5.91 Å². The molecule has 0 spiro atoms. The van der Waals surface area contributed by atoms with Crippen molar-refractivity contribution in [3.05, 3.63) is 59.8 Å². The van der Waals surface area contributed by atoms with Gasteiger partial charge in [0.1, 0.15) is 5.82 Å². The number of hydrogen-bond acceptors (Lipinski definition) is 3. The summed E-state index contributed by atoms with van der Waals surface area (Å²) in [5, 5.41) is 3.54. The van der Waals surface area contributed by atoms with Crippen LogP contribution in [0.2, 0.25) is 0 Å². The molecule has 0 bridgehead atoms. The molecule has 1 saturated carbocycles. The lowest BCUT2D eigenvalue weighted by atomic mass is 10.1. The Bertz CT molecular complexity index is 694. The Labute approximate surface area is 156 Å². The fraction of sp³-hybridized carbons (Fsp3) is 0.455. The first-order valence-corrected chi connectivity index (χ1v) is 9.82. The molecule has 1 aliphatic carbocycles. The molecule has 1 aromatic heterocycles. The highest BCUT2D eigenvalue weighted by Gasteiger charge is 2.17. The maximum atomic E-state index is 13.0. The second-order valence-corrected chi connectivity index (χ2v) is 7.07. The van der Waals surface area contributed by atoms with Crippen LogP contribution in [-0.4, -0.2) is 28.4 Å². The molecule has 3 rings (SSSR count). The van der Waals surface area contributed by atoms with Crippen LogP contribution in [0.5, 0.6) is 0 Å². The van der Waals surface area contributed by atoms with Gasteiger partial charge in [-0.05, 0) is 37.5 Å². The fourth-order valence-electron chi connectivity index (χ4n) is 3.59. The molecule has 1 fully saturated rings. The lowest BCUT2D eigenvalue weighted by molar-refractivity contribution is 0.0752. The van der Waals surface area contributed by atoms with Crippen LogP contribution in [-0.2, 0) is 6.54 Å². The van der Waals surface area contributed by atoms with Crippen molar-refractivity contribution < 1.29 is 4.79 Å². The van der Waals surface area contributed by atoms with Gasteiger partial charge in [-0.2, -0.15) is 0 Å². The van der Waals surface area contributed by atoms with Crippen LogP contribution in [0.25, 0.3) is 0 Å². The summed E-state index contributed by atoms with van der Waals surface area (Å²) in [4.78, 5) is 19.3. The molecule has 1 aromatic carbocycles. The molecule has 4 nitrogen and oxygen atoms in total. The number of benzene rings is 1. The van der Waals surface area contributed by atoms with Gasteiger partial charge in [0.15, 0.2) is 0 Å². The highest BCUT2D eigenvalue weighted by Crippen LogP contribution is 2.21. The van der Waals surface area contributed by atoms with Crippen LogP contribution in [0.15, 0.2) is 48.7 Å². The van der Waals surface area contributed by atoms with E-state index in [1.807, 2.05) is 42.2 Å². The SMILES string of the molecule is CCN(Cc1ccccc1)C(=O)c1ccnc(NC2CCCCCC2)c1. The molecular weight excluding hydrogens is 322 g/mol. The van der Waals surface area contributed by atoms with Gasteiger partial charge in [-0.25, -0.2) is 4.98 Å². The highest BCUT2D eigenvalue weighted by molar-refractivity contribution is 5.94. The molecule has 2 aromatic rings. The molecule has 138 valence electrons. The predicted octanol–water partition coefficient (Wildman–Crippen LogP) is 4.88. The van der Waals surface area contributed by atoms with Gasteiger partial charge in [-0.15, -0.1) is 0 Å². The minimum absolute atomic E-state index is 0.0580. The minimum Gasteiger partial charge on any atom is -0.367 e. The number of rotatable bonds is 6. The van der Waals surface area contributed by atoms with Crippen molar-refractivity contribution in [1.29, 1.82) is 0 Å². The van der Waals surface area contributed by atoms with Crippen LogP contribution in [0, 0.1) is 0 Å². The van der Waals surface area contributed by atoms with Gasteiger partial charge in [-0.1, -0.05) is 56.0 Å². The van der Waals surface area contributed by atoms with E-state index in [1.165, 1.54) is 38.5 Å². The summed E-state index contributed by atoms with van der Waals surface area (Å²) in [5.41, 5.74) is 1.85. The van der Waals surface area contributed by atoms with Crippen molar-refractivity contribution in [2.75, 3.05) is 11.9 Å². The summed E-state index contributed by atoms with van der Waals surface area (Å²) < 4.78 is 0. The summed E-state index contributed by atoms with van der Waals surface area (Å²) in [6.45, 7) is 3.33. The Morgan fingerprint density at radius 3 is 2.54 bits per heavy atom. The number of nitrogens with zero attached hydrogens (tertiary/aromatic N) is 2. The molecule has 1 N–H and O–H groups in total. The molecule has 1 heterocycles. The second kappa shape index (κ2) is 9.37. The van der Waals surface area contributed by atoms with E-state index in [4.69, 9.17) is 0 Å². The number of pyridine rings is 1. The van der Waals surface area contributed by atoms with Crippen molar-refractivity contribution >= 4 is 11.7 Å². The molecule has 26 heavy (non-hydrogen) atoms. The Hall–Kier alpha value is -2.36. The smallest absolute Gasteiger partial charge is 0.254 e. The van der Waals surface area contributed by atoms with Gasteiger partial charge in [0.2, 0.25) is 0 Å². The number of amides is 1. The summed E-state index contributed by atoms with van der Waals surface area (Å²) in [5.74, 6) is 0.876. The quantitative estimate of drug-likeness (QED) is 0.755. The van der Waals surface area contributed by atoms with Gasteiger partial charge in [0.05, 0.1) is 0 Å². The Morgan fingerprint density at radius 2 is 1.85 bits per heavy atom. The maximum Gasteiger partial charge on any atom is 0.254 e. The van der Waals surface area contributed by atoms with E-state index in [1.54, 1.807) is 6.20 Å². The average Bonchev–Trinajstić information content (AvgIpc) is 2.95. The minimum atomic E-state index is 0.0580. The molecule has 0 atom stereocenters. The standard InChI is InChI=1S/C22H29N3O/c1-2-25(17-18-10-6-5-7-11-18)22(26)19-14-15-23-21(16-19)24-20-12-8-3-4-9-13-20/h5-7,10-11,14-16,20H,2-4,8-9,12-13,17H2,1H3,(H,23,24). The van der Waals surface area contributed by atoms with Crippen molar-refractivity contribution in [2.24, 2.45) is 0 Å². The van der Waals surface area contributed by atoms with E-state index in [9.17, 15) is 4.79 Å². The third kappa shape index (κ3) is 5.07. The topological polar surface area (TPSA) is 45.2 Å². The first kappa shape index (κ1) is 18.4. The van der Waals surface area contributed by atoms with Gasteiger partial charge >= 0.3 is 0 Å². The molecule has 0 unspecified atom stereocenters. The lowest BCUT2D eigenvalue weighted by Gasteiger charge is -2.22. The number of nitrogens with one attached hydrogen (secondary N) is 1. The molecule has 0 saturated heterocycles. The number of carbonyl (C=O) groups is 1. The first-order chi connectivity index (χ1) is 12.8. The van der Waals surface area contributed by atoms with E-state index < -0.39 is 0 Å². The number of carbonyl (C=O) groups excluding carboxylic acids is 1. The Balaban J connectivity index is 1.68. The molecular formula is C22H29N3O. The average molecular weight is 351 g/mol. The molecule has 0 radical (unpaired) electrons. The fourth-order valence-corrected chi connectivity index (χ4v) is 3.59. The second-order valence-electron chi connectivity index (χ2n) is 7.07. The third-order valence-electron chi connectivity index (χ3n) is 5.10. The van der Waals surface area contributed by atoms with Crippen molar-refractivity contribution in [2.45, 2.75) is 58.0 Å². The number of aromatic nitrogens is 1. The van der Waals surface area contributed by atoms with E-state index in [0.29, 0.717) is 24.7 Å². The van der Waals surface area contributed by atoms with E-state index >= 15 is 0 Å². The zero-order valence-corrected chi connectivity index (χ0v) is 15.7. The molecule has 0 aliphatic heterocycles. The van der Waals surface area contributed by atoms with Gasteiger partial charge in [-0.3, -0.25) is 4.79 Å². The maximum absolute atomic E-state index is 13.0. The highest BCUT2D eigenvalue weighted by atomic mass is 16.2. The summed E-state index contributed by atoms with van der Waals surface area (Å²) in [7, 11) is 0. The summed E-state index contributed by atoms with van der Waals surface area (Å²) >= 11 is 0. The van der Waals surface area contributed by atoms with Gasteiger partial charge in [0.25, 0.3) is 5.91 Å². The summed E-state index contributed by atoms with van der Waals surface area (Å²) in [6.07, 6.45) is 9.32. The largest absolute Gasteiger partial charge is 0.367 e. The molecule has 1 aliphatic rings. The lowest BCUT2D eigenvalue weighted by Crippen LogP contribution is -2.30. The van der Waals surface area contributed by atoms with Crippen molar-refractivity contribution in [3.8, 4) is 0 Å². The van der Waals surface area contributed by atoms with Crippen LogP contribution in [0.3, 0.4) is 0 Å². The number of hydrogen-bond donors (Lipinski definition) is 1. The monoisotopic (exact) mass is 351 g/mol. The zero-order valence-electron chi connectivity index (χ0n) is 15.7. The molecule has 4 heteroatoms. The van der Waals surface area contributed by atoms with Crippen molar-refractivity contribution in [3.63, 3.8) is 0 Å². The Kier molecular flexibility index (Phi) is 6.64. The van der Waals surface area contributed by atoms with Crippen LogP contribution >= 0.6 is 0 Å². The first-order valence-electron chi connectivity index (χ1n) is 9.82. The van der Waals surface area contributed by atoms with E-state index in [2.05, 4.69) is 22.4 Å². The van der Waals surface area contributed by atoms with Gasteiger partial charge < -0.3 is 10.2 Å². The third-order valence-corrected chi connectivity index (χ3v) is 5.10. The zero-order chi connectivity index (χ0) is 18.2. The van der Waals surface area contributed by atoms with Gasteiger partial charge in [0, 0.05) is 30.9 Å². The molecule has 1 amide bonds. The van der Waals surface area contributed by atoms with Crippen molar-refractivity contribution in [1.82, 2.24) is 9.88 Å². The van der Waals surface area contributed by atoms with Crippen LogP contribution in [0.1, 0.15) is 61.4 Å². The summed E-state index contributed by atoms with van der Waals surface area (Å²) in [6, 6.07) is 14.3. The van der Waals surface area contributed by atoms with Crippen LogP contribution in [0.4, 0.5) is 5.82 Å². The predicted molar refractivity (Wildman–Crippen MR) is 106 cm³/mol. The van der Waals surface area contributed by atoms with E-state index in [0.717, 1.165) is 11.4 Å². The number of anilines is 1. The van der Waals surface area contributed by atoms with Crippen LogP contribution < -0.4 is 5.32 Å². The normalized spacial score (nSPS) is 15.3. The Morgan fingerprint density at radius 1 is 1.12 bits per heavy atom.